The lowest BCUT2D eigenvalue weighted by molar-refractivity contribution is -0.153. The number of alkyl halides is 3. The Kier molecular flexibility index (Phi) is 6.89. The van der Waals surface area contributed by atoms with Crippen molar-refractivity contribution < 1.29 is 27.8 Å². The third-order valence-electron chi connectivity index (χ3n) is 3.68. The first-order valence-electron chi connectivity index (χ1n) is 7.59. The predicted molar refractivity (Wildman–Crippen MR) is 85.3 cm³/mol. The standard InChI is InChI=1S/C16H23F3N2O3/c1-4-15(3,7-8-22)21-14(23)20-12-5-6-13(11(2)9-12)24-10-16(17,18)19/h5-6,9,22H,4,7-8,10H2,1-3H3,(H2,20,21,23). The number of halogens is 3. The summed E-state index contributed by atoms with van der Waals surface area (Å²) >= 11 is 0. The molecule has 24 heavy (non-hydrogen) atoms. The number of carbonyl (C=O) groups is 1. The number of aryl methyl sites for hydroxylation is 1. The van der Waals surface area contributed by atoms with Crippen molar-refractivity contribution in [3.8, 4) is 5.75 Å². The first kappa shape index (κ1) is 20.1. The molecule has 2 amide bonds. The molecule has 0 radical (unpaired) electrons. The molecular weight excluding hydrogens is 325 g/mol. The fourth-order valence-corrected chi connectivity index (χ4v) is 2.06. The number of hydrogen-bond acceptors (Lipinski definition) is 3. The lowest BCUT2D eigenvalue weighted by atomic mass is 9.95. The van der Waals surface area contributed by atoms with Gasteiger partial charge in [-0.1, -0.05) is 6.92 Å². The van der Waals surface area contributed by atoms with E-state index < -0.39 is 24.4 Å². The van der Waals surface area contributed by atoms with Crippen molar-refractivity contribution in [1.29, 1.82) is 0 Å². The summed E-state index contributed by atoms with van der Waals surface area (Å²) in [6.45, 7) is 3.90. The second kappa shape index (κ2) is 8.23. The molecule has 0 bridgehead atoms. The average Bonchev–Trinajstić information content (AvgIpc) is 2.45. The monoisotopic (exact) mass is 348 g/mol. The molecule has 1 atom stereocenters. The molecule has 0 saturated carbocycles. The molecule has 0 aromatic heterocycles. The molecule has 1 rings (SSSR count). The molecule has 3 N–H and O–H groups in total. The minimum absolute atomic E-state index is 0.0467. The van der Waals surface area contributed by atoms with E-state index in [2.05, 4.69) is 10.6 Å². The number of ether oxygens (including phenoxy) is 1. The summed E-state index contributed by atoms with van der Waals surface area (Å²) in [5.41, 5.74) is 0.376. The summed E-state index contributed by atoms with van der Waals surface area (Å²) in [4.78, 5) is 12.0. The zero-order chi connectivity index (χ0) is 18.4. The van der Waals surface area contributed by atoms with Gasteiger partial charge < -0.3 is 20.5 Å². The largest absolute Gasteiger partial charge is 0.484 e. The third kappa shape index (κ3) is 6.66. The van der Waals surface area contributed by atoms with Gasteiger partial charge in [0, 0.05) is 17.8 Å². The van der Waals surface area contributed by atoms with Gasteiger partial charge in [-0.2, -0.15) is 13.2 Å². The second-order valence-electron chi connectivity index (χ2n) is 5.85. The number of benzene rings is 1. The number of anilines is 1. The highest BCUT2D eigenvalue weighted by atomic mass is 19.4. The lowest BCUT2D eigenvalue weighted by Crippen LogP contribution is -2.48. The van der Waals surface area contributed by atoms with Gasteiger partial charge >= 0.3 is 12.2 Å². The summed E-state index contributed by atoms with van der Waals surface area (Å²) in [7, 11) is 0. The van der Waals surface area contributed by atoms with Gasteiger partial charge in [0.05, 0.1) is 0 Å². The first-order valence-corrected chi connectivity index (χ1v) is 7.59. The van der Waals surface area contributed by atoms with Crippen molar-refractivity contribution in [2.24, 2.45) is 0 Å². The van der Waals surface area contributed by atoms with Gasteiger partial charge in [-0.05, 0) is 50.5 Å². The molecule has 8 heteroatoms. The summed E-state index contributed by atoms with van der Waals surface area (Å²) in [5, 5.41) is 14.4. The first-order chi connectivity index (χ1) is 11.1. The van der Waals surface area contributed by atoms with Crippen LogP contribution in [0.3, 0.4) is 0 Å². The van der Waals surface area contributed by atoms with Crippen LogP contribution < -0.4 is 15.4 Å². The Morgan fingerprint density at radius 2 is 2.00 bits per heavy atom. The highest BCUT2D eigenvalue weighted by molar-refractivity contribution is 5.90. The maximum Gasteiger partial charge on any atom is 0.422 e. The molecule has 136 valence electrons. The van der Waals surface area contributed by atoms with Gasteiger partial charge in [-0.15, -0.1) is 0 Å². The SMILES string of the molecule is CCC(C)(CCO)NC(=O)Nc1ccc(OCC(F)(F)F)c(C)c1. The normalized spacial score (nSPS) is 14.0. The molecule has 0 aliphatic carbocycles. The molecule has 5 nitrogen and oxygen atoms in total. The Morgan fingerprint density at radius 1 is 1.33 bits per heavy atom. The van der Waals surface area contributed by atoms with E-state index in [-0.39, 0.29) is 12.4 Å². The third-order valence-corrected chi connectivity index (χ3v) is 3.68. The van der Waals surface area contributed by atoms with Crippen LogP contribution in [-0.2, 0) is 0 Å². The molecule has 0 spiro atoms. The molecular formula is C16H23F3N2O3. The number of aliphatic hydroxyl groups excluding tert-OH is 1. The van der Waals surface area contributed by atoms with E-state index in [9.17, 15) is 18.0 Å². The predicted octanol–water partition coefficient (Wildman–Crippen LogP) is 3.61. The van der Waals surface area contributed by atoms with Crippen LogP contribution in [0.15, 0.2) is 18.2 Å². The van der Waals surface area contributed by atoms with Crippen molar-refractivity contribution in [2.75, 3.05) is 18.5 Å². The van der Waals surface area contributed by atoms with Crippen molar-refractivity contribution in [3.05, 3.63) is 23.8 Å². The maximum absolute atomic E-state index is 12.2. The molecule has 0 aliphatic heterocycles. The summed E-state index contributed by atoms with van der Waals surface area (Å²) in [6.07, 6.45) is -3.34. The molecule has 0 fully saturated rings. The smallest absolute Gasteiger partial charge is 0.422 e. The van der Waals surface area contributed by atoms with Gasteiger partial charge in [0.15, 0.2) is 6.61 Å². The Hall–Kier alpha value is -1.96. The number of rotatable bonds is 7. The Bertz CT molecular complexity index is 564. The van der Waals surface area contributed by atoms with E-state index in [1.807, 2.05) is 13.8 Å². The van der Waals surface area contributed by atoms with Crippen molar-refractivity contribution in [1.82, 2.24) is 5.32 Å². The van der Waals surface area contributed by atoms with Gasteiger partial charge in [0.25, 0.3) is 0 Å². The molecule has 1 aromatic carbocycles. The highest BCUT2D eigenvalue weighted by Gasteiger charge is 2.28. The molecule has 0 saturated heterocycles. The van der Waals surface area contributed by atoms with Gasteiger partial charge in [-0.3, -0.25) is 0 Å². The summed E-state index contributed by atoms with van der Waals surface area (Å²) in [6, 6.07) is 3.92. The van der Waals surface area contributed by atoms with Crippen molar-refractivity contribution in [2.45, 2.75) is 45.3 Å². The Morgan fingerprint density at radius 3 is 2.50 bits per heavy atom. The van der Waals surface area contributed by atoms with Crippen molar-refractivity contribution in [3.63, 3.8) is 0 Å². The van der Waals surface area contributed by atoms with E-state index in [1.165, 1.54) is 18.2 Å². The quantitative estimate of drug-likeness (QED) is 0.705. The topological polar surface area (TPSA) is 70.6 Å². The van der Waals surface area contributed by atoms with Crippen molar-refractivity contribution >= 4 is 11.7 Å². The number of nitrogens with one attached hydrogen (secondary N) is 2. The van der Waals surface area contributed by atoms with Gasteiger partial charge in [0.2, 0.25) is 0 Å². The van der Waals surface area contributed by atoms with E-state index in [0.29, 0.717) is 24.1 Å². The Balaban J connectivity index is 2.69. The second-order valence-corrected chi connectivity index (χ2v) is 5.85. The minimum atomic E-state index is -4.40. The van der Waals surface area contributed by atoms with Crippen LogP contribution in [-0.4, -0.2) is 36.1 Å². The van der Waals surface area contributed by atoms with E-state index in [1.54, 1.807) is 6.92 Å². The number of hydrogen-bond donors (Lipinski definition) is 3. The van der Waals surface area contributed by atoms with Crippen LogP contribution in [0.1, 0.15) is 32.3 Å². The van der Waals surface area contributed by atoms with Gasteiger partial charge in [-0.25, -0.2) is 4.79 Å². The van der Waals surface area contributed by atoms with Crippen LogP contribution in [0, 0.1) is 6.92 Å². The van der Waals surface area contributed by atoms with Crippen LogP contribution in [0.4, 0.5) is 23.7 Å². The van der Waals surface area contributed by atoms with Crippen LogP contribution in [0.25, 0.3) is 0 Å². The van der Waals surface area contributed by atoms with Gasteiger partial charge in [0.1, 0.15) is 5.75 Å². The number of urea groups is 1. The minimum Gasteiger partial charge on any atom is -0.484 e. The zero-order valence-corrected chi connectivity index (χ0v) is 14.0. The molecule has 0 heterocycles. The highest BCUT2D eigenvalue weighted by Crippen LogP contribution is 2.24. The number of carbonyl (C=O) groups excluding carboxylic acids is 1. The van der Waals surface area contributed by atoms with E-state index >= 15 is 0 Å². The average molecular weight is 348 g/mol. The summed E-state index contributed by atoms with van der Waals surface area (Å²) in [5.74, 6) is 0.108. The zero-order valence-electron chi connectivity index (χ0n) is 14.0. The number of aliphatic hydroxyl groups is 1. The Labute approximate surface area is 139 Å². The molecule has 0 aliphatic rings. The summed E-state index contributed by atoms with van der Waals surface area (Å²) < 4.78 is 41.2. The number of amides is 2. The molecule has 1 aromatic rings. The van der Waals surface area contributed by atoms with E-state index in [0.717, 1.165) is 0 Å². The maximum atomic E-state index is 12.2. The lowest BCUT2D eigenvalue weighted by Gasteiger charge is -2.29. The fourth-order valence-electron chi connectivity index (χ4n) is 2.06. The van der Waals surface area contributed by atoms with Crippen LogP contribution >= 0.6 is 0 Å². The van der Waals surface area contributed by atoms with E-state index in [4.69, 9.17) is 9.84 Å². The van der Waals surface area contributed by atoms with Crippen LogP contribution in [0.2, 0.25) is 0 Å². The molecule has 1 unspecified atom stereocenters. The fraction of sp³-hybridized carbons (Fsp3) is 0.562. The van der Waals surface area contributed by atoms with Crippen LogP contribution in [0.5, 0.6) is 5.75 Å².